The van der Waals surface area contributed by atoms with E-state index in [-0.39, 0.29) is 5.04 Å². The molecule has 2 aromatic carbocycles. The van der Waals surface area contributed by atoms with Crippen LogP contribution >= 0.6 is 31.9 Å². The van der Waals surface area contributed by atoms with Crippen molar-refractivity contribution in [2.45, 2.75) is 38.9 Å². The number of hydrogen-bond donors (Lipinski definition) is 1. The Labute approximate surface area is 157 Å². The highest BCUT2D eigenvalue weighted by atomic mass is 79.9. The standard InChI is InChI=1S/C12H19BrOSi.C6H5BrO/c1-12(2,3)15(4,5)14-11-8-6-7-10(13)9-11;7-5-2-1-3-6(8)4-5/h6-9H,1-5H3;1-4,8H. The zero-order valence-corrected chi connectivity index (χ0v) is 18.4. The molecule has 0 aliphatic carbocycles. The molecule has 126 valence electrons. The van der Waals surface area contributed by atoms with E-state index >= 15 is 0 Å². The van der Waals surface area contributed by atoms with E-state index in [0.717, 1.165) is 14.7 Å². The Morgan fingerprint density at radius 3 is 1.83 bits per heavy atom. The monoisotopic (exact) mass is 458 g/mol. The normalized spacial score (nSPS) is 11.4. The van der Waals surface area contributed by atoms with Gasteiger partial charge in [-0.2, -0.15) is 0 Å². The molecular formula is C18H24Br2O2Si. The summed E-state index contributed by atoms with van der Waals surface area (Å²) in [5.74, 6) is 1.26. The number of rotatable bonds is 2. The van der Waals surface area contributed by atoms with Crippen LogP contribution in [0.25, 0.3) is 0 Å². The lowest BCUT2D eigenvalue weighted by molar-refractivity contribution is 0.475. The van der Waals surface area contributed by atoms with Crippen LogP contribution in [0.3, 0.4) is 0 Å². The lowest BCUT2D eigenvalue weighted by atomic mass is 10.2. The SMILES string of the molecule is CC(C)(C)[Si](C)(C)Oc1cccc(Br)c1.Oc1cccc(Br)c1. The van der Waals surface area contributed by atoms with Crippen LogP contribution in [-0.4, -0.2) is 13.4 Å². The first-order chi connectivity index (χ1) is 10.5. The topological polar surface area (TPSA) is 29.5 Å². The first-order valence-electron chi connectivity index (χ1n) is 7.40. The third kappa shape index (κ3) is 7.10. The Kier molecular flexibility index (Phi) is 7.36. The van der Waals surface area contributed by atoms with Gasteiger partial charge in [0.05, 0.1) is 0 Å². The van der Waals surface area contributed by atoms with E-state index in [1.807, 2.05) is 30.3 Å². The Bertz CT molecular complexity index is 620. The maximum Gasteiger partial charge on any atom is 0.250 e. The molecule has 2 nitrogen and oxygen atoms in total. The lowest BCUT2D eigenvalue weighted by Crippen LogP contribution is -2.43. The fourth-order valence-electron chi connectivity index (χ4n) is 1.45. The summed E-state index contributed by atoms with van der Waals surface area (Å²) in [7, 11) is -1.69. The van der Waals surface area contributed by atoms with E-state index in [0.29, 0.717) is 5.75 Å². The van der Waals surface area contributed by atoms with Crippen LogP contribution in [-0.2, 0) is 0 Å². The van der Waals surface area contributed by atoms with E-state index in [4.69, 9.17) is 9.53 Å². The summed E-state index contributed by atoms with van der Waals surface area (Å²) in [6, 6.07) is 15.0. The minimum absolute atomic E-state index is 0.245. The molecule has 2 aromatic rings. The molecule has 0 saturated carbocycles. The van der Waals surface area contributed by atoms with Gasteiger partial charge in [0.1, 0.15) is 11.5 Å². The second-order valence-corrected chi connectivity index (χ2v) is 13.4. The smallest absolute Gasteiger partial charge is 0.250 e. The van der Waals surface area contributed by atoms with Gasteiger partial charge in [-0.25, -0.2) is 0 Å². The lowest BCUT2D eigenvalue weighted by Gasteiger charge is -2.36. The van der Waals surface area contributed by atoms with Crippen molar-refractivity contribution in [3.63, 3.8) is 0 Å². The number of phenolic OH excluding ortho intramolecular Hbond substituents is 1. The molecule has 0 spiro atoms. The summed E-state index contributed by atoms with van der Waals surface area (Å²) in [6.45, 7) is 11.3. The fourth-order valence-corrected chi connectivity index (χ4v) is 3.24. The number of aromatic hydroxyl groups is 1. The van der Waals surface area contributed by atoms with Crippen molar-refractivity contribution >= 4 is 40.2 Å². The average Bonchev–Trinajstić information content (AvgIpc) is 2.37. The van der Waals surface area contributed by atoms with Crippen molar-refractivity contribution in [1.29, 1.82) is 0 Å². The second-order valence-electron chi connectivity index (χ2n) is 6.80. The molecule has 0 aliphatic rings. The summed E-state index contributed by atoms with van der Waals surface area (Å²) in [5.41, 5.74) is 0. The highest BCUT2D eigenvalue weighted by Crippen LogP contribution is 2.37. The van der Waals surface area contributed by atoms with Crippen LogP contribution in [0.5, 0.6) is 11.5 Å². The third-order valence-electron chi connectivity index (χ3n) is 3.78. The Morgan fingerprint density at radius 1 is 0.913 bits per heavy atom. The maximum absolute atomic E-state index is 8.78. The van der Waals surface area contributed by atoms with Gasteiger partial charge in [0.25, 0.3) is 0 Å². The van der Waals surface area contributed by atoms with Gasteiger partial charge in [-0.1, -0.05) is 64.8 Å². The molecule has 0 fully saturated rings. The molecule has 0 aliphatic heterocycles. The first kappa shape index (κ1) is 20.3. The Balaban J connectivity index is 0.000000277. The summed E-state index contributed by atoms with van der Waals surface area (Å²) in [6.07, 6.45) is 0. The van der Waals surface area contributed by atoms with E-state index in [1.165, 1.54) is 0 Å². The second kappa shape index (κ2) is 8.35. The highest BCUT2D eigenvalue weighted by molar-refractivity contribution is 9.10. The van der Waals surface area contributed by atoms with Crippen molar-refractivity contribution in [2.24, 2.45) is 0 Å². The van der Waals surface area contributed by atoms with Gasteiger partial charge in [-0.15, -0.1) is 0 Å². The summed E-state index contributed by atoms with van der Waals surface area (Å²) in [4.78, 5) is 0. The fraction of sp³-hybridized carbons (Fsp3) is 0.333. The molecule has 23 heavy (non-hydrogen) atoms. The molecule has 0 heterocycles. The molecular weight excluding hydrogens is 436 g/mol. The molecule has 5 heteroatoms. The number of halogens is 2. The zero-order chi connectivity index (χ0) is 17.7. The van der Waals surface area contributed by atoms with Gasteiger partial charge >= 0.3 is 0 Å². The Morgan fingerprint density at radius 2 is 1.43 bits per heavy atom. The zero-order valence-electron chi connectivity index (χ0n) is 14.2. The largest absolute Gasteiger partial charge is 0.543 e. The van der Waals surface area contributed by atoms with Crippen LogP contribution in [0, 0.1) is 0 Å². The average molecular weight is 460 g/mol. The van der Waals surface area contributed by atoms with Gasteiger partial charge in [0, 0.05) is 8.95 Å². The van der Waals surface area contributed by atoms with E-state index < -0.39 is 8.32 Å². The minimum atomic E-state index is -1.69. The van der Waals surface area contributed by atoms with Crippen LogP contribution in [0.1, 0.15) is 20.8 Å². The van der Waals surface area contributed by atoms with Crippen molar-refractivity contribution in [3.8, 4) is 11.5 Å². The van der Waals surface area contributed by atoms with Crippen LogP contribution in [0.2, 0.25) is 18.1 Å². The van der Waals surface area contributed by atoms with Crippen LogP contribution in [0.4, 0.5) is 0 Å². The summed E-state index contributed by atoms with van der Waals surface area (Å²) >= 11 is 6.66. The van der Waals surface area contributed by atoms with Gasteiger partial charge in [0.15, 0.2) is 0 Å². The number of benzene rings is 2. The van der Waals surface area contributed by atoms with Gasteiger partial charge in [0.2, 0.25) is 8.32 Å². The molecule has 0 atom stereocenters. The van der Waals surface area contributed by atoms with Gasteiger partial charge in [-0.05, 0) is 54.5 Å². The third-order valence-corrected chi connectivity index (χ3v) is 9.13. The van der Waals surface area contributed by atoms with Crippen molar-refractivity contribution in [3.05, 3.63) is 57.5 Å². The van der Waals surface area contributed by atoms with Crippen molar-refractivity contribution in [2.75, 3.05) is 0 Å². The van der Waals surface area contributed by atoms with E-state index in [1.54, 1.807) is 18.2 Å². The van der Waals surface area contributed by atoms with E-state index in [9.17, 15) is 0 Å². The predicted molar refractivity (Wildman–Crippen MR) is 108 cm³/mol. The molecule has 0 bridgehead atoms. The molecule has 0 aromatic heterocycles. The Hall–Kier alpha value is -0.783. The minimum Gasteiger partial charge on any atom is -0.543 e. The molecule has 0 unspecified atom stereocenters. The van der Waals surface area contributed by atoms with E-state index in [2.05, 4.69) is 65.7 Å². The molecule has 0 saturated heterocycles. The molecule has 0 amide bonds. The first-order valence-corrected chi connectivity index (χ1v) is 11.9. The van der Waals surface area contributed by atoms with Gasteiger partial charge < -0.3 is 9.53 Å². The van der Waals surface area contributed by atoms with Crippen molar-refractivity contribution in [1.82, 2.24) is 0 Å². The quantitative estimate of drug-likeness (QED) is 0.490. The summed E-state index contributed by atoms with van der Waals surface area (Å²) in [5, 5.41) is 9.03. The predicted octanol–water partition coefficient (Wildman–Crippen LogP) is 6.99. The number of hydrogen-bond acceptors (Lipinski definition) is 2. The molecule has 0 radical (unpaired) electrons. The van der Waals surface area contributed by atoms with Crippen molar-refractivity contribution < 1.29 is 9.53 Å². The van der Waals surface area contributed by atoms with Gasteiger partial charge in [-0.3, -0.25) is 0 Å². The highest BCUT2D eigenvalue weighted by Gasteiger charge is 2.38. The van der Waals surface area contributed by atoms with Crippen LogP contribution < -0.4 is 4.43 Å². The number of phenols is 1. The maximum atomic E-state index is 8.78. The molecule has 2 rings (SSSR count). The summed E-state index contributed by atoms with van der Waals surface area (Å²) < 4.78 is 8.12. The molecule has 1 N–H and O–H groups in total. The van der Waals surface area contributed by atoms with Crippen LogP contribution in [0.15, 0.2) is 57.5 Å².